The summed E-state index contributed by atoms with van der Waals surface area (Å²) in [5.41, 5.74) is 2.74. The Morgan fingerprint density at radius 3 is 2.71 bits per heavy atom. The summed E-state index contributed by atoms with van der Waals surface area (Å²) in [6.45, 7) is 3.61. The molecule has 7 nitrogen and oxygen atoms in total. The second kappa shape index (κ2) is 7.55. The van der Waals surface area contributed by atoms with E-state index in [0.717, 1.165) is 48.1 Å². The predicted molar refractivity (Wildman–Crippen MR) is 111 cm³/mol. The molecule has 0 saturated carbocycles. The number of piperidine rings is 1. The number of aryl methyl sites for hydroxylation is 1. The van der Waals surface area contributed by atoms with Crippen LogP contribution in [0, 0.1) is 17.0 Å². The number of nitro groups is 1. The highest BCUT2D eigenvalue weighted by molar-refractivity contribution is 7.22. The first-order chi connectivity index (χ1) is 13.5. The molecule has 2 aromatic carbocycles. The molecule has 3 aromatic rings. The van der Waals surface area contributed by atoms with Crippen LogP contribution >= 0.6 is 11.3 Å². The Balaban J connectivity index is 1.59. The third-order valence-electron chi connectivity index (χ3n) is 4.90. The normalized spacial score (nSPS) is 14.2. The van der Waals surface area contributed by atoms with E-state index in [1.54, 1.807) is 12.1 Å². The van der Waals surface area contributed by atoms with E-state index in [-0.39, 0.29) is 11.3 Å². The maximum absolute atomic E-state index is 12.6. The first-order valence-electron chi connectivity index (χ1n) is 9.23. The highest BCUT2D eigenvalue weighted by Gasteiger charge is 2.23. The lowest BCUT2D eigenvalue weighted by atomic mass is 10.1. The summed E-state index contributed by atoms with van der Waals surface area (Å²) in [5.74, 6) is -0.399. The minimum atomic E-state index is -0.415. The average Bonchev–Trinajstić information content (AvgIpc) is 3.09. The zero-order valence-corrected chi connectivity index (χ0v) is 16.3. The van der Waals surface area contributed by atoms with Crippen molar-refractivity contribution in [2.45, 2.75) is 26.2 Å². The number of carbonyl (C=O) groups is 1. The van der Waals surface area contributed by atoms with Crippen LogP contribution in [0.15, 0.2) is 36.4 Å². The van der Waals surface area contributed by atoms with Crippen LogP contribution in [0.3, 0.4) is 0 Å². The van der Waals surface area contributed by atoms with Crippen molar-refractivity contribution in [3.8, 4) is 0 Å². The second-order valence-electron chi connectivity index (χ2n) is 6.95. The molecular weight excluding hydrogens is 376 g/mol. The number of hydrogen-bond donors (Lipinski definition) is 1. The summed E-state index contributed by atoms with van der Waals surface area (Å²) in [7, 11) is 0. The molecule has 1 amide bonds. The Hall–Kier alpha value is -3.00. The molecule has 0 spiro atoms. The first-order valence-corrected chi connectivity index (χ1v) is 10.0. The van der Waals surface area contributed by atoms with E-state index in [1.165, 1.54) is 17.4 Å². The number of carbonyl (C=O) groups excluding carboxylic acids is 1. The van der Waals surface area contributed by atoms with Crippen molar-refractivity contribution in [1.29, 1.82) is 0 Å². The van der Waals surface area contributed by atoms with Gasteiger partial charge in [-0.15, -0.1) is 0 Å². The van der Waals surface area contributed by atoms with E-state index in [0.29, 0.717) is 10.8 Å². The van der Waals surface area contributed by atoms with Crippen molar-refractivity contribution in [3.63, 3.8) is 0 Å². The van der Waals surface area contributed by atoms with Crippen molar-refractivity contribution >= 4 is 44.0 Å². The third-order valence-corrected chi connectivity index (χ3v) is 5.83. The van der Waals surface area contributed by atoms with Crippen molar-refractivity contribution in [2.24, 2.45) is 0 Å². The highest BCUT2D eigenvalue weighted by atomic mass is 32.1. The number of anilines is 2. The molecule has 2 heterocycles. The molecule has 1 saturated heterocycles. The maximum Gasteiger partial charge on any atom is 0.293 e. The zero-order valence-electron chi connectivity index (χ0n) is 15.5. The zero-order chi connectivity index (χ0) is 19.7. The number of rotatable bonds is 4. The van der Waals surface area contributed by atoms with Crippen molar-refractivity contribution in [2.75, 3.05) is 23.3 Å². The molecule has 0 radical (unpaired) electrons. The van der Waals surface area contributed by atoms with Crippen molar-refractivity contribution in [3.05, 3.63) is 57.6 Å². The van der Waals surface area contributed by atoms with Crippen LogP contribution in [-0.4, -0.2) is 28.9 Å². The highest BCUT2D eigenvalue weighted by Crippen LogP contribution is 2.32. The molecule has 0 aliphatic carbocycles. The minimum Gasteiger partial charge on any atom is -0.366 e. The number of nitro benzene ring substituents is 1. The number of nitrogens with one attached hydrogen (secondary N) is 1. The van der Waals surface area contributed by atoms with Gasteiger partial charge < -0.3 is 4.90 Å². The smallest absolute Gasteiger partial charge is 0.293 e. The number of thiazole rings is 1. The van der Waals surface area contributed by atoms with Gasteiger partial charge in [0.2, 0.25) is 0 Å². The Morgan fingerprint density at radius 1 is 1.18 bits per heavy atom. The fourth-order valence-electron chi connectivity index (χ4n) is 3.47. The largest absolute Gasteiger partial charge is 0.366 e. The summed E-state index contributed by atoms with van der Waals surface area (Å²) < 4.78 is 0.988. The van der Waals surface area contributed by atoms with Crippen LogP contribution in [0.2, 0.25) is 0 Å². The van der Waals surface area contributed by atoms with Gasteiger partial charge in [0.05, 0.1) is 15.1 Å². The minimum absolute atomic E-state index is 0.0329. The number of benzene rings is 2. The monoisotopic (exact) mass is 396 g/mol. The van der Waals surface area contributed by atoms with Gasteiger partial charge in [-0.2, -0.15) is 0 Å². The second-order valence-corrected chi connectivity index (χ2v) is 7.98. The average molecular weight is 396 g/mol. The molecule has 1 aromatic heterocycles. The van der Waals surface area contributed by atoms with Gasteiger partial charge in [0.25, 0.3) is 11.6 Å². The molecule has 1 aliphatic rings. The van der Waals surface area contributed by atoms with E-state index in [9.17, 15) is 14.9 Å². The van der Waals surface area contributed by atoms with E-state index in [2.05, 4.69) is 10.3 Å². The van der Waals surface area contributed by atoms with Crippen LogP contribution in [-0.2, 0) is 0 Å². The number of amides is 1. The molecule has 8 heteroatoms. The molecule has 1 N–H and O–H groups in total. The molecule has 0 unspecified atom stereocenters. The molecule has 1 aliphatic heterocycles. The lowest BCUT2D eigenvalue weighted by Gasteiger charge is -2.28. The SMILES string of the molecule is Cc1ccc2nc(NC(=O)c3ccc(N4CCCCC4)c([N+](=O)[O-])c3)sc2c1. The van der Waals surface area contributed by atoms with Gasteiger partial charge in [-0.05, 0) is 56.0 Å². The summed E-state index contributed by atoms with van der Waals surface area (Å²) in [5, 5.41) is 14.8. The van der Waals surface area contributed by atoms with Gasteiger partial charge in [-0.25, -0.2) is 4.98 Å². The molecule has 1 fully saturated rings. The fraction of sp³-hybridized carbons (Fsp3) is 0.300. The molecule has 0 atom stereocenters. The fourth-order valence-corrected chi connectivity index (χ4v) is 4.43. The lowest BCUT2D eigenvalue weighted by molar-refractivity contribution is -0.384. The van der Waals surface area contributed by atoms with Gasteiger partial charge in [0.15, 0.2) is 5.13 Å². The van der Waals surface area contributed by atoms with Crippen LogP contribution in [0.5, 0.6) is 0 Å². The molecule has 0 bridgehead atoms. The maximum atomic E-state index is 12.6. The van der Waals surface area contributed by atoms with E-state index >= 15 is 0 Å². The van der Waals surface area contributed by atoms with E-state index < -0.39 is 10.8 Å². The van der Waals surface area contributed by atoms with Gasteiger partial charge in [0.1, 0.15) is 5.69 Å². The van der Waals surface area contributed by atoms with E-state index in [1.807, 2.05) is 30.0 Å². The summed E-state index contributed by atoms with van der Waals surface area (Å²) in [4.78, 5) is 30.2. The first kappa shape index (κ1) is 18.4. The number of aromatic nitrogens is 1. The van der Waals surface area contributed by atoms with Gasteiger partial charge in [-0.3, -0.25) is 20.2 Å². The predicted octanol–water partition coefficient (Wildman–Crippen LogP) is 4.76. The van der Waals surface area contributed by atoms with Crippen molar-refractivity contribution in [1.82, 2.24) is 4.98 Å². The van der Waals surface area contributed by atoms with Gasteiger partial charge in [0, 0.05) is 24.7 Å². The van der Waals surface area contributed by atoms with Crippen LogP contribution < -0.4 is 10.2 Å². The summed E-state index contributed by atoms with van der Waals surface area (Å²) in [6, 6.07) is 10.6. The van der Waals surface area contributed by atoms with Crippen LogP contribution in [0.1, 0.15) is 35.2 Å². The topological polar surface area (TPSA) is 88.4 Å². The summed E-state index contributed by atoms with van der Waals surface area (Å²) in [6.07, 6.45) is 3.19. The number of fused-ring (bicyclic) bond motifs is 1. The molecule has 28 heavy (non-hydrogen) atoms. The Labute approximate surface area is 166 Å². The standard InChI is InChI=1S/C20H20N4O3S/c1-13-5-7-15-18(11-13)28-20(21-15)22-19(25)14-6-8-16(17(12-14)24(26)27)23-9-3-2-4-10-23/h5-8,11-12H,2-4,9-10H2,1H3,(H,21,22,25). The third kappa shape index (κ3) is 3.68. The Bertz CT molecular complexity index is 1060. The number of nitrogens with zero attached hydrogens (tertiary/aromatic N) is 3. The molecule has 4 rings (SSSR count). The number of hydrogen-bond acceptors (Lipinski definition) is 6. The molecular formula is C20H20N4O3S. The Kier molecular flexibility index (Phi) is 4.95. The summed E-state index contributed by atoms with van der Waals surface area (Å²) >= 11 is 1.39. The van der Waals surface area contributed by atoms with Crippen LogP contribution in [0.4, 0.5) is 16.5 Å². The Morgan fingerprint density at radius 2 is 1.96 bits per heavy atom. The lowest BCUT2D eigenvalue weighted by Crippen LogP contribution is -2.30. The van der Waals surface area contributed by atoms with Gasteiger partial charge in [-0.1, -0.05) is 17.4 Å². The van der Waals surface area contributed by atoms with Crippen LogP contribution in [0.25, 0.3) is 10.2 Å². The quantitative estimate of drug-likeness (QED) is 0.507. The molecule has 144 valence electrons. The van der Waals surface area contributed by atoms with E-state index in [4.69, 9.17) is 0 Å². The van der Waals surface area contributed by atoms with Crippen molar-refractivity contribution < 1.29 is 9.72 Å². The van der Waals surface area contributed by atoms with Gasteiger partial charge >= 0.3 is 0 Å².